The Hall–Kier alpha value is -4.57. The van der Waals surface area contributed by atoms with Gasteiger partial charge in [0.15, 0.2) is 0 Å². The third-order valence-corrected chi connectivity index (χ3v) is 6.00. The van der Waals surface area contributed by atoms with Gasteiger partial charge < -0.3 is 19.8 Å². The summed E-state index contributed by atoms with van der Waals surface area (Å²) in [5, 5.41) is 10.6. The molecule has 34 heavy (non-hydrogen) atoms. The third-order valence-electron chi connectivity index (χ3n) is 6.00. The molecule has 7 heteroatoms. The van der Waals surface area contributed by atoms with E-state index in [1.165, 1.54) is 12.1 Å². The van der Waals surface area contributed by atoms with Crippen molar-refractivity contribution < 1.29 is 13.9 Å². The molecule has 1 aliphatic heterocycles. The number of hydrogen-bond acceptors (Lipinski definition) is 5. The summed E-state index contributed by atoms with van der Waals surface area (Å²) in [5.74, 6) is -0.0262. The molecule has 4 aromatic rings. The minimum absolute atomic E-state index is 0.0185. The predicted molar refractivity (Wildman–Crippen MR) is 126 cm³/mol. The number of para-hydroxylation sites is 1. The first-order valence-electron chi connectivity index (χ1n) is 10.6. The molecule has 6 nitrogen and oxygen atoms in total. The number of benzene rings is 3. The Labute approximate surface area is 194 Å². The molecule has 0 saturated heterocycles. The highest BCUT2D eigenvalue weighted by atomic mass is 19.1. The van der Waals surface area contributed by atoms with Gasteiger partial charge in [0.1, 0.15) is 35.6 Å². The number of halogens is 1. The lowest BCUT2D eigenvalue weighted by Crippen LogP contribution is -2.31. The molecule has 0 radical (unpaired) electrons. The van der Waals surface area contributed by atoms with E-state index in [2.05, 4.69) is 6.07 Å². The average Bonchev–Trinajstić information content (AvgIpc) is 2.86. The molecule has 0 saturated carbocycles. The van der Waals surface area contributed by atoms with Crippen molar-refractivity contribution in [3.63, 3.8) is 0 Å². The summed E-state index contributed by atoms with van der Waals surface area (Å²) in [6, 6.07) is 22.8. The van der Waals surface area contributed by atoms with Crippen LogP contribution >= 0.6 is 0 Å². The number of rotatable bonds is 4. The molecular weight excluding hydrogens is 433 g/mol. The molecule has 2 heterocycles. The van der Waals surface area contributed by atoms with Crippen LogP contribution in [0.3, 0.4) is 0 Å². The van der Waals surface area contributed by atoms with Crippen LogP contribution in [0.2, 0.25) is 0 Å². The molecule has 1 aliphatic rings. The van der Waals surface area contributed by atoms with E-state index in [1.54, 1.807) is 48.0 Å². The number of fused-ring (bicyclic) bond motifs is 3. The molecule has 1 unspecified atom stereocenters. The maximum Gasteiger partial charge on any atom is 0.258 e. The number of pyridine rings is 1. The highest BCUT2D eigenvalue weighted by molar-refractivity contribution is 5.88. The second kappa shape index (κ2) is 8.41. The summed E-state index contributed by atoms with van der Waals surface area (Å²) in [7, 11) is 1.70. The molecule has 0 amide bonds. The summed E-state index contributed by atoms with van der Waals surface area (Å²) in [4.78, 5) is 13.4. The molecule has 1 atom stereocenters. The van der Waals surface area contributed by atoms with Gasteiger partial charge in [-0.2, -0.15) is 5.26 Å². The summed E-state index contributed by atoms with van der Waals surface area (Å²) >= 11 is 0. The zero-order chi connectivity index (χ0) is 23.8. The van der Waals surface area contributed by atoms with E-state index in [-0.39, 0.29) is 29.4 Å². The van der Waals surface area contributed by atoms with Crippen molar-refractivity contribution in [1.29, 1.82) is 5.26 Å². The van der Waals surface area contributed by atoms with Gasteiger partial charge in [-0.15, -0.1) is 0 Å². The number of hydrogen-bond donors (Lipinski definition) is 1. The Morgan fingerprint density at radius 2 is 1.79 bits per heavy atom. The van der Waals surface area contributed by atoms with Gasteiger partial charge >= 0.3 is 0 Å². The summed E-state index contributed by atoms with van der Waals surface area (Å²) in [6.45, 7) is 0.280. The van der Waals surface area contributed by atoms with Gasteiger partial charge in [-0.1, -0.05) is 36.4 Å². The maximum atomic E-state index is 13.4. The third kappa shape index (κ3) is 3.55. The number of allylic oxidation sites excluding steroid dienone is 1. The van der Waals surface area contributed by atoms with Crippen molar-refractivity contribution in [3.8, 4) is 17.6 Å². The standard InChI is InChI=1S/C27H20FN3O3/c1-31-22-5-3-2-4-20(22)25-24(27(31)32)23(21(14-29)26(30)34-25)17-8-12-19(13-9-17)33-15-16-6-10-18(28)11-7-16/h2-13,23H,15,30H2,1H3. The monoisotopic (exact) mass is 453 g/mol. The van der Waals surface area contributed by atoms with E-state index in [1.807, 2.05) is 24.3 Å². The number of nitrogens with zero attached hydrogens (tertiary/aromatic N) is 2. The van der Waals surface area contributed by atoms with Crippen LogP contribution in [-0.4, -0.2) is 4.57 Å². The summed E-state index contributed by atoms with van der Waals surface area (Å²) < 4.78 is 26.3. The van der Waals surface area contributed by atoms with Gasteiger partial charge in [0.2, 0.25) is 5.88 Å². The largest absolute Gasteiger partial charge is 0.489 e. The van der Waals surface area contributed by atoms with E-state index >= 15 is 0 Å². The van der Waals surface area contributed by atoms with Crippen LogP contribution in [0.15, 0.2) is 89.0 Å². The van der Waals surface area contributed by atoms with Crippen LogP contribution in [0.5, 0.6) is 11.5 Å². The first-order valence-corrected chi connectivity index (χ1v) is 10.6. The van der Waals surface area contributed by atoms with Crippen molar-refractivity contribution in [3.05, 3.63) is 117 Å². The Kier molecular flexibility index (Phi) is 5.27. The van der Waals surface area contributed by atoms with Crippen LogP contribution < -0.4 is 20.8 Å². The second-order valence-electron chi connectivity index (χ2n) is 8.03. The van der Waals surface area contributed by atoms with Gasteiger partial charge in [0.25, 0.3) is 5.56 Å². The van der Waals surface area contributed by atoms with Crippen molar-refractivity contribution in [2.24, 2.45) is 12.8 Å². The van der Waals surface area contributed by atoms with Crippen molar-refractivity contribution >= 4 is 10.9 Å². The fraction of sp³-hybridized carbons (Fsp3) is 0.111. The smallest absolute Gasteiger partial charge is 0.258 e. The predicted octanol–water partition coefficient (Wildman–Crippen LogP) is 4.47. The number of nitrogens with two attached hydrogens (primary N) is 1. The van der Waals surface area contributed by atoms with E-state index < -0.39 is 5.92 Å². The number of aryl methyl sites for hydroxylation is 1. The minimum Gasteiger partial charge on any atom is -0.489 e. The summed E-state index contributed by atoms with van der Waals surface area (Å²) in [6.07, 6.45) is 0. The lowest BCUT2D eigenvalue weighted by atomic mass is 9.83. The van der Waals surface area contributed by atoms with Gasteiger partial charge in [-0.25, -0.2) is 4.39 Å². The molecule has 5 rings (SSSR count). The normalized spacial score (nSPS) is 14.9. The lowest BCUT2D eigenvalue weighted by molar-refractivity contribution is 0.306. The van der Waals surface area contributed by atoms with Crippen LogP contribution in [0, 0.1) is 17.1 Å². The molecule has 0 spiro atoms. The number of aromatic nitrogens is 1. The number of ether oxygens (including phenoxy) is 2. The molecule has 0 bridgehead atoms. The maximum absolute atomic E-state index is 13.4. The Morgan fingerprint density at radius 1 is 1.09 bits per heavy atom. The average molecular weight is 453 g/mol. The SMILES string of the molecule is Cn1c(=O)c2c(c3ccccc31)OC(N)=C(C#N)C2c1ccc(OCc2ccc(F)cc2)cc1. The Balaban J connectivity index is 1.55. The fourth-order valence-electron chi connectivity index (χ4n) is 4.26. The highest BCUT2D eigenvalue weighted by Gasteiger charge is 2.35. The zero-order valence-electron chi connectivity index (χ0n) is 18.3. The fourth-order valence-corrected chi connectivity index (χ4v) is 4.26. The lowest BCUT2D eigenvalue weighted by Gasteiger charge is -2.27. The van der Waals surface area contributed by atoms with Gasteiger partial charge in [0, 0.05) is 12.4 Å². The van der Waals surface area contributed by atoms with Crippen molar-refractivity contribution in [1.82, 2.24) is 4.57 Å². The first-order chi connectivity index (χ1) is 16.5. The molecule has 2 N–H and O–H groups in total. The van der Waals surface area contributed by atoms with Crippen molar-refractivity contribution in [2.75, 3.05) is 0 Å². The van der Waals surface area contributed by atoms with Crippen LogP contribution in [0.4, 0.5) is 4.39 Å². The van der Waals surface area contributed by atoms with Gasteiger partial charge in [0.05, 0.1) is 17.0 Å². The zero-order valence-corrected chi connectivity index (χ0v) is 18.3. The van der Waals surface area contributed by atoms with E-state index in [9.17, 15) is 14.4 Å². The molecular formula is C27H20FN3O3. The highest BCUT2D eigenvalue weighted by Crippen LogP contribution is 2.43. The summed E-state index contributed by atoms with van der Waals surface area (Å²) in [5.41, 5.74) is 8.69. The molecule has 0 aliphatic carbocycles. The quantitative estimate of drug-likeness (QED) is 0.492. The Morgan fingerprint density at radius 3 is 2.50 bits per heavy atom. The molecule has 0 fully saturated rings. The Bertz CT molecular complexity index is 1530. The van der Waals surface area contributed by atoms with Gasteiger partial charge in [-0.3, -0.25) is 4.79 Å². The van der Waals surface area contributed by atoms with E-state index in [0.29, 0.717) is 28.1 Å². The van der Waals surface area contributed by atoms with Crippen molar-refractivity contribution in [2.45, 2.75) is 12.5 Å². The molecule has 3 aromatic carbocycles. The van der Waals surface area contributed by atoms with Gasteiger partial charge in [-0.05, 0) is 47.5 Å². The van der Waals surface area contributed by atoms with Crippen LogP contribution in [0.1, 0.15) is 22.6 Å². The van der Waals surface area contributed by atoms with Crippen LogP contribution in [-0.2, 0) is 13.7 Å². The van der Waals surface area contributed by atoms with E-state index in [4.69, 9.17) is 15.2 Å². The molecule has 1 aromatic heterocycles. The first kappa shape index (κ1) is 21.3. The van der Waals surface area contributed by atoms with E-state index in [0.717, 1.165) is 10.9 Å². The topological polar surface area (TPSA) is 90.3 Å². The molecule has 168 valence electrons. The number of nitriles is 1. The minimum atomic E-state index is -0.678. The second-order valence-corrected chi connectivity index (χ2v) is 8.03. The van der Waals surface area contributed by atoms with Crippen LogP contribution in [0.25, 0.3) is 10.9 Å².